The molecule has 0 aliphatic heterocycles. The van der Waals surface area contributed by atoms with Crippen LogP contribution in [0.5, 0.6) is 0 Å². The average molecular weight is 290 g/mol. The van der Waals surface area contributed by atoms with Gasteiger partial charge >= 0.3 is 5.97 Å². The van der Waals surface area contributed by atoms with Crippen LogP contribution in [0.4, 0.5) is 5.69 Å². The Balaban J connectivity index is 2.21. The van der Waals surface area contributed by atoms with Gasteiger partial charge in [-0.05, 0) is 35.4 Å². The minimum Gasteiger partial charge on any atom is -0.478 e. The Morgan fingerprint density at radius 1 is 1.05 bits per heavy atom. The van der Waals surface area contributed by atoms with Gasteiger partial charge in [-0.25, -0.2) is 4.79 Å². The van der Waals surface area contributed by atoms with Gasteiger partial charge in [0.2, 0.25) is 5.71 Å². The van der Waals surface area contributed by atoms with Crippen molar-refractivity contribution in [3.05, 3.63) is 54.1 Å². The van der Waals surface area contributed by atoms with Gasteiger partial charge in [-0.15, -0.1) is 0 Å². The maximum absolute atomic E-state index is 11.0. The van der Waals surface area contributed by atoms with Gasteiger partial charge in [-0.1, -0.05) is 24.3 Å². The third kappa shape index (κ3) is 3.47. The molecule has 2 N–H and O–H groups in total. The molecule has 6 heteroatoms. The Morgan fingerprint density at radius 2 is 1.73 bits per heavy atom. The largest absolute Gasteiger partial charge is 0.478 e. The predicted octanol–water partition coefficient (Wildman–Crippen LogP) is 2.87. The van der Waals surface area contributed by atoms with Crippen LogP contribution in [-0.2, 0) is 0 Å². The Bertz CT molecular complexity index is 795. The molecule has 0 unspecified atom stereocenters. The SMILES string of the molecule is N#CC(C#N)=NNc1ccc(-c2cccc(C(=O)O)c2)cc1. The molecule has 0 bridgehead atoms. The summed E-state index contributed by atoms with van der Waals surface area (Å²) in [5.74, 6) is -0.977. The zero-order valence-corrected chi connectivity index (χ0v) is 11.3. The highest BCUT2D eigenvalue weighted by Gasteiger charge is 2.04. The molecule has 2 aromatic rings. The quantitative estimate of drug-likeness (QED) is 0.664. The van der Waals surface area contributed by atoms with Gasteiger partial charge in [0, 0.05) is 0 Å². The molecule has 0 saturated carbocycles. The second kappa shape index (κ2) is 6.69. The van der Waals surface area contributed by atoms with Crippen LogP contribution in [-0.4, -0.2) is 16.8 Å². The summed E-state index contributed by atoms with van der Waals surface area (Å²) in [5.41, 5.74) is 4.80. The molecule has 0 amide bonds. The maximum Gasteiger partial charge on any atom is 0.335 e. The van der Waals surface area contributed by atoms with Gasteiger partial charge < -0.3 is 5.11 Å². The number of hydrogen-bond acceptors (Lipinski definition) is 5. The van der Waals surface area contributed by atoms with Crippen LogP contribution >= 0.6 is 0 Å². The fourth-order valence-electron chi connectivity index (χ4n) is 1.76. The second-order valence-corrected chi connectivity index (χ2v) is 4.26. The smallest absolute Gasteiger partial charge is 0.335 e. The van der Waals surface area contributed by atoms with E-state index >= 15 is 0 Å². The summed E-state index contributed by atoms with van der Waals surface area (Å²) in [7, 11) is 0. The van der Waals surface area contributed by atoms with Gasteiger partial charge in [0.25, 0.3) is 0 Å². The fraction of sp³-hybridized carbons (Fsp3) is 0. The fourth-order valence-corrected chi connectivity index (χ4v) is 1.76. The third-order valence-corrected chi connectivity index (χ3v) is 2.84. The summed E-state index contributed by atoms with van der Waals surface area (Å²) < 4.78 is 0. The number of hydrogen-bond donors (Lipinski definition) is 2. The predicted molar refractivity (Wildman–Crippen MR) is 81.1 cm³/mol. The number of carboxylic acid groups (broad SMARTS) is 1. The molecule has 106 valence electrons. The molecule has 6 nitrogen and oxygen atoms in total. The lowest BCUT2D eigenvalue weighted by Crippen LogP contribution is -1.96. The van der Waals surface area contributed by atoms with Crippen LogP contribution in [0, 0.1) is 22.7 Å². The van der Waals surface area contributed by atoms with Crippen molar-refractivity contribution in [2.45, 2.75) is 0 Å². The molecule has 0 aliphatic carbocycles. The minimum absolute atomic E-state index is 0.219. The van der Waals surface area contributed by atoms with E-state index in [1.807, 2.05) is 6.07 Å². The lowest BCUT2D eigenvalue weighted by molar-refractivity contribution is 0.0697. The van der Waals surface area contributed by atoms with Crippen molar-refractivity contribution >= 4 is 17.4 Å². The Labute approximate surface area is 126 Å². The van der Waals surface area contributed by atoms with Crippen molar-refractivity contribution in [1.82, 2.24) is 0 Å². The van der Waals surface area contributed by atoms with Crippen molar-refractivity contribution in [1.29, 1.82) is 10.5 Å². The van der Waals surface area contributed by atoms with E-state index in [-0.39, 0.29) is 11.3 Å². The molecule has 0 aromatic heterocycles. The van der Waals surface area contributed by atoms with Crippen molar-refractivity contribution in [3.8, 4) is 23.3 Å². The molecule has 22 heavy (non-hydrogen) atoms. The maximum atomic E-state index is 11.0. The van der Waals surface area contributed by atoms with Crippen molar-refractivity contribution in [3.63, 3.8) is 0 Å². The highest BCUT2D eigenvalue weighted by molar-refractivity contribution is 6.10. The number of nitriles is 2. The second-order valence-electron chi connectivity index (χ2n) is 4.26. The minimum atomic E-state index is -0.977. The molecule has 0 heterocycles. The number of benzene rings is 2. The normalized spacial score (nSPS) is 9.18. The van der Waals surface area contributed by atoms with Crippen LogP contribution in [0.2, 0.25) is 0 Å². The van der Waals surface area contributed by atoms with Crippen LogP contribution in [0.25, 0.3) is 11.1 Å². The first kappa shape index (κ1) is 14.8. The van der Waals surface area contributed by atoms with Gasteiger partial charge in [0.05, 0.1) is 11.3 Å². The molecular weight excluding hydrogens is 280 g/mol. The van der Waals surface area contributed by atoms with Gasteiger partial charge in [-0.3, -0.25) is 5.43 Å². The van der Waals surface area contributed by atoms with E-state index in [1.165, 1.54) is 6.07 Å². The molecule has 0 radical (unpaired) electrons. The van der Waals surface area contributed by atoms with Crippen molar-refractivity contribution in [2.75, 3.05) is 5.43 Å². The van der Waals surface area contributed by atoms with Gasteiger partial charge in [-0.2, -0.15) is 15.6 Å². The zero-order chi connectivity index (χ0) is 15.9. The Hall–Kier alpha value is -3.64. The highest BCUT2D eigenvalue weighted by atomic mass is 16.4. The summed E-state index contributed by atoms with van der Waals surface area (Å²) in [4.78, 5) is 11.0. The molecule has 0 spiro atoms. The van der Waals surface area contributed by atoms with E-state index in [4.69, 9.17) is 15.6 Å². The molecule has 0 aliphatic rings. The summed E-state index contributed by atoms with van der Waals surface area (Å²) in [6, 6.07) is 16.9. The third-order valence-electron chi connectivity index (χ3n) is 2.84. The summed E-state index contributed by atoms with van der Waals surface area (Å²) in [6.45, 7) is 0. The first-order chi connectivity index (χ1) is 10.6. The van der Waals surface area contributed by atoms with E-state index in [0.717, 1.165) is 11.1 Å². The molecule has 2 aromatic carbocycles. The van der Waals surface area contributed by atoms with E-state index in [1.54, 1.807) is 48.5 Å². The Morgan fingerprint density at radius 3 is 2.32 bits per heavy atom. The number of nitrogens with one attached hydrogen (secondary N) is 1. The zero-order valence-electron chi connectivity index (χ0n) is 11.3. The molecular formula is C16H10N4O2. The van der Waals surface area contributed by atoms with Crippen LogP contribution < -0.4 is 5.43 Å². The van der Waals surface area contributed by atoms with E-state index in [0.29, 0.717) is 5.69 Å². The number of rotatable bonds is 4. The Kier molecular flexibility index (Phi) is 4.49. The lowest BCUT2D eigenvalue weighted by Gasteiger charge is -2.05. The van der Waals surface area contributed by atoms with Crippen LogP contribution in [0.1, 0.15) is 10.4 Å². The molecule has 0 fully saturated rings. The number of anilines is 1. The number of aromatic carboxylic acids is 1. The number of carbonyl (C=O) groups is 1. The number of carboxylic acids is 1. The standard InChI is InChI=1S/C16H10N4O2/c17-9-15(10-18)20-19-14-6-4-11(5-7-14)12-2-1-3-13(8-12)16(21)22/h1-8,19H,(H,21,22). The highest BCUT2D eigenvalue weighted by Crippen LogP contribution is 2.22. The molecule has 0 atom stereocenters. The number of hydrazone groups is 1. The molecule has 2 rings (SSSR count). The average Bonchev–Trinajstić information content (AvgIpc) is 2.56. The summed E-state index contributed by atoms with van der Waals surface area (Å²) in [5, 5.41) is 29.8. The van der Waals surface area contributed by atoms with E-state index in [9.17, 15) is 4.79 Å². The lowest BCUT2D eigenvalue weighted by atomic mass is 10.0. The van der Waals surface area contributed by atoms with Crippen molar-refractivity contribution < 1.29 is 9.90 Å². The van der Waals surface area contributed by atoms with Crippen LogP contribution in [0.15, 0.2) is 53.6 Å². The topological polar surface area (TPSA) is 109 Å². The first-order valence-electron chi connectivity index (χ1n) is 6.21. The monoisotopic (exact) mass is 290 g/mol. The van der Waals surface area contributed by atoms with Crippen LogP contribution in [0.3, 0.4) is 0 Å². The van der Waals surface area contributed by atoms with Crippen molar-refractivity contribution in [2.24, 2.45) is 5.10 Å². The van der Waals surface area contributed by atoms with E-state index < -0.39 is 5.97 Å². The summed E-state index contributed by atoms with van der Waals surface area (Å²) in [6.07, 6.45) is 0. The van der Waals surface area contributed by atoms with E-state index in [2.05, 4.69) is 10.5 Å². The number of nitrogens with zero attached hydrogens (tertiary/aromatic N) is 3. The first-order valence-corrected chi connectivity index (χ1v) is 6.21. The van der Waals surface area contributed by atoms with Gasteiger partial charge in [0.1, 0.15) is 12.1 Å². The summed E-state index contributed by atoms with van der Waals surface area (Å²) >= 11 is 0. The van der Waals surface area contributed by atoms with Gasteiger partial charge in [0.15, 0.2) is 0 Å². The molecule has 0 saturated heterocycles.